The number of carbonyl (C=O) groups excluding carboxylic acids is 1. The van der Waals surface area contributed by atoms with Gasteiger partial charge < -0.3 is 9.64 Å². The smallest absolute Gasteiger partial charge is 0.333 e. The van der Waals surface area contributed by atoms with Crippen molar-refractivity contribution in [2.45, 2.75) is 6.92 Å². The molecule has 0 radical (unpaired) electrons. The quantitative estimate of drug-likeness (QED) is 0.158. The Morgan fingerprint density at radius 1 is 1.28 bits per heavy atom. The maximum absolute atomic E-state index is 11.6. The second-order valence-corrected chi connectivity index (χ2v) is 9.09. The number of ether oxygens (including phenoxy) is 1. The van der Waals surface area contributed by atoms with E-state index in [9.17, 15) is 13.2 Å². The molecule has 0 atom stereocenters. The van der Waals surface area contributed by atoms with Crippen molar-refractivity contribution < 1.29 is 27.4 Å². The van der Waals surface area contributed by atoms with E-state index in [4.69, 9.17) is 9.57 Å². The molecule has 1 saturated heterocycles. The van der Waals surface area contributed by atoms with Crippen molar-refractivity contribution in [2.75, 3.05) is 49.4 Å². The van der Waals surface area contributed by atoms with E-state index in [1.807, 2.05) is 24.3 Å². The molecule has 8 nitrogen and oxygen atoms in total. The number of hydrogen-bond acceptors (Lipinski definition) is 7. The maximum Gasteiger partial charge on any atom is 0.333 e. The molecule has 0 aromatic heterocycles. The van der Waals surface area contributed by atoms with E-state index in [0.29, 0.717) is 25.2 Å². The summed E-state index contributed by atoms with van der Waals surface area (Å²) in [6, 6.07) is 7.90. The Morgan fingerprint density at radius 2 is 1.97 bits per heavy atom. The lowest BCUT2D eigenvalue weighted by Gasteiger charge is -2.28. The molecular weight excluding hydrogens is 394 g/mol. The average molecular weight is 418 g/mol. The van der Waals surface area contributed by atoms with Gasteiger partial charge in [0, 0.05) is 24.4 Å². The highest BCUT2D eigenvalue weighted by Gasteiger charge is 2.24. The van der Waals surface area contributed by atoms with Crippen LogP contribution in [0.5, 0.6) is 0 Å². The van der Waals surface area contributed by atoms with Gasteiger partial charge in [0.25, 0.3) is 12.4 Å². The Bertz CT molecular complexity index is 987. The third-order valence-electron chi connectivity index (χ3n) is 4.51. The molecule has 2 aliphatic heterocycles. The predicted octanol–water partition coefficient (Wildman–Crippen LogP) is 0.711. The average Bonchev–Trinajstić information content (AvgIpc) is 2.67. The highest BCUT2D eigenvalue weighted by Crippen LogP contribution is 2.22. The summed E-state index contributed by atoms with van der Waals surface area (Å²) in [5.41, 5.74) is 8.93. The van der Waals surface area contributed by atoms with E-state index in [2.05, 4.69) is 28.6 Å². The van der Waals surface area contributed by atoms with Gasteiger partial charge in [0.1, 0.15) is 6.61 Å². The molecule has 1 aromatic carbocycles. The Labute approximate surface area is 170 Å². The lowest BCUT2D eigenvalue weighted by molar-refractivity contribution is -0.489. The fourth-order valence-corrected chi connectivity index (χ4v) is 4.01. The molecule has 0 saturated carbocycles. The lowest BCUT2D eigenvalue weighted by Crippen LogP contribution is -2.40. The van der Waals surface area contributed by atoms with Gasteiger partial charge in [-0.05, 0) is 31.2 Å². The predicted molar refractivity (Wildman–Crippen MR) is 109 cm³/mol. The van der Waals surface area contributed by atoms with Crippen molar-refractivity contribution in [3.8, 4) is 0 Å². The van der Waals surface area contributed by atoms with Crippen molar-refractivity contribution >= 4 is 33.1 Å². The molecule has 154 valence electrons. The van der Waals surface area contributed by atoms with Crippen LogP contribution >= 0.6 is 0 Å². The summed E-state index contributed by atoms with van der Waals surface area (Å²) in [7, 11) is -2.89. The monoisotopic (exact) mass is 418 g/mol. The zero-order valence-electron chi connectivity index (χ0n) is 16.3. The van der Waals surface area contributed by atoms with Crippen molar-refractivity contribution in [1.29, 1.82) is 0 Å². The number of nitrogens with zero attached hydrogens (tertiary/aromatic N) is 2. The second-order valence-electron chi connectivity index (χ2n) is 6.78. The van der Waals surface area contributed by atoms with Crippen molar-refractivity contribution in [3.63, 3.8) is 0 Å². The zero-order chi connectivity index (χ0) is 20.9. The lowest BCUT2D eigenvalue weighted by atomic mass is 10.1. The van der Waals surface area contributed by atoms with Gasteiger partial charge in [0.15, 0.2) is 9.84 Å². The molecule has 0 unspecified atom stereocenters. The number of rotatable bonds is 9. The first-order valence-corrected chi connectivity index (χ1v) is 11.1. The number of nitrogens with one attached hydrogen (secondary N) is 1. The van der Waals surface area contributed by atoms with Crippen LogP contribution in [0.3, 0.4) is 0 Å². The summed E-state index contributed by atoms with van der Waals surface area (Å²) in [6.07, 6.45) is 0. The Hall–Kier alpha value is -2.67. The Balaban J connectivity index is 1.41. The molecule has 1 fully saturated rings. The van der Waals surface area contributed by atoms with Crippen LogP contribution in [0.15, 0.2) is 42.1 Å². The number of hydroxylamine groups is 1. The highest BCUT2D eigenvalue weighted by atomic mass is 32.2. The van der Waals surface area contributed by atoms with Gasteiger partial charge in [0.05, 0.1) is 29.3 Å². The van der Waals surface area contributed by atoms with Gasteiger partial charge in [-0.15, -0.1) is 4.58 Å². The standard InChI is InChI=1S/C20H24N3O5S/c1-16(2)20(24)27-12-8-21-28-15-23-9-7-19(23)17-3-5-18(6-4-17)22-10-13-29(25,26)14-11-22/h3-6,21H,1,8,10-15H2,2H3/q+1. The van der Waals surface area contributed by atoms with Crippen LogP contribution in [0.4, 0.5) is 5.69 Å². The Kier molecular flexibility index (Phi) is 6.69. The number of benzene rings is 1. The molecule has 2 heterocycles. The molecule has 29 heavy (non-hydrogen) atoms. The van der Waals surface area contributed by atoms with Gasteiger partial charge in [-0.2, -0.15) is 5.48 Å². The molecule has 3 rings (SSSR count). The minimum Gasteiger partial charge on any atom is -0.461 e. The van der Waals surface area contributed by atoms with Gasteiger partial charge in [-0.3, -0.25) is 0 Å². The molecule has 9 heteroatoms. The largest absolute Gasteiger partial charge is 0.461 e. The minimum atomic E-state index is -2.89. The van der Waals surface area contributed by atoms with Crippen molar-refractivity contribution in [3.05, 3.63) is 47.7 Å². The minimum absolute atomic E-state index is 0.188. The zero-order valence-corrected chi connectivity index (χ0v) is 17.1. The fourth-order valence-electron chi connectivity index (χ4n) is 2.81. The van der Waals surface area contributed by atoms with Crippen molar-refractivity contribution in [1.82, 2.24) is 5.48 Å². The summed E-state index contributed by atoms with van der Waals surface area (Å²) < 4.78 is 29.8. The molecule has 1 N–H and O–H groups in total. The topological polar surface area (TPSA) is 87.9 Å². The van der Waals surface area contributed by atoms with Crippen LogP contribution in [-0.4, -0.2) is 69.3 Å². The van der Waals surface area contributed by atoms with Gasteiger partial charge in [-0.1, -0.05) is 6.58 Å². The number of carbonyl (C=O) groups is 1. The van der Waals surface area contributed by atoms with E-state index in [-0.39, 0.29) is 24.8 Å². The van der Waals surface area contributed by atoms with Gasteiger partial charge >= 0.3 is 5.97 Å². The number of anilines is 1. The normalized spacial score (nSPS) is 17.2. The van der Waals surface area contributed by atoms with E-state index < -0.39 is 15.8 Å². The van der Waals surface area contributed by atoms with Crippen LogP contribution in [0.25, 0.3) is 5.70 Å². The molecule has 1 aromatic rings. The highest BCUT2D eigenvalue weighted by molar-refractivity contribution is 7.91. The van der Waals surface area contributed by atoms with Gasteiger partial charge in [0.2, 0.25) is 5.87 Å². The number of sulfone groups is 1. The van der Waals surface area contributed by atoms with Crippen LogP contribution in [0.2, 0.25) is 0 Å². The Morgan fingerprint density at radius 3 is 2.55 bits per heavy atom. The molecular formula is C20H24N3O5S+. The molecule has 2 aliphatic rings. The van der Waals surface area contributed by atoms with E-state index in [1.54, 1.807) is 11.5 Å². The van der Waals surface area contributed by atoms with E-state index in [1.165, 1.54) is 0 Å². The summed E-state index contributed by atoms with van der Waals surface area (Å²) in [5.74, 6) is 2.88. The number of esters is 1. The summed E-state index contributed by atoms with van der Waals surface area (Å²) in [4.78, 5) is 18.7. The molecule has 0 spiro atoms. The van der Waals surface area contributed by atoms with Crippen LogP contribution in [-0.2, 0) is 24.2 Å². The third-order valence-corrected chi connectivity index (χ3v) is 6.12. The molecule has 0 bridgehead atoms. The van der Waals surface area contributed by atoms with E-state index in [0.717, 1.165) is 16.9 Å². The van der Waals surface area contributed by atoms with Gasteiger partial charge in [-0.25, -0.2) is 18.0 Å². The first kappa shape index (κ1) is 21.0. The SMILES string of the molecule is C=C(C)C(=O)OCCNOC[N+]1=C=C=C1c1ccc(N2CCS(=O)(=O)CC2)cc1. The van der Waals surface area contributed by atoms with E-state index >= 15 is 0 Å². The first-order valence-electron chi connectivity index (χ1n) is 9.25. The summed E-state index contributed by atoms with van der Waals surface area (Å²) in [5, 5.41) is 0. The van der Waals surface area contributed by atoms with Crippen LogP contribution in [0.1, 0.15) is 12.5 Å². The van der Waals surface area contributed by atoms with Crippen molar-refractivity contribution in [2.24, 2.45) is 0 Å². The summed E-state index contributed by atoms with van der Waals surface area (Å²) >= 11 is 0. The first-order chi connectivity index (χ1) is 13.9. The third kappa shape index (κ3) is 5.67. The molecule has 0 aliphatic carbocycles. The summed E-state index contributed by atoms with van der Waals surface area (Å²) in [6.45, 7) is 6.92. The second kappa shape index (κ2) is 9.22. The number of hydrogen-bond donors (Lipinski definition) is 1. The van der Waals surface area contributed by atoms with Crippen LogP contribution in [0, 0.1) is 0 Å². The van der Waals surface area contributed by atoms with Crippen LogP contribution < -0.4 is 10.4 Å². The maximum atomic E-state index is 11.6. The molecule has 0 amide bonds. The fraction of sp³-hybridized carbons (Fsp3) is 0.400.